The van der Waals surface area contributed by atoms with Gasteiger partial charge in [0.05, 0.1) is 12.3 Å². The van der Waals surface area contributed by atoms with Crippen LogP contribution in [0.1, 0.15) is 29.9 Å². The van der Waals surface area contributed by atoms with Gasteiger partial charge in [0, 0.05) is 20.0 Å². The molecule has 0 aliphatic rings. The van der Waals surface area contributed by atoms with Crippen LogP contribution >= 0.6 is 0 Å². The third-order valence-corrected chi connectivity index (χ3v) is 3.58. The summed E-state index contributed by atoms with van der Waals surface area (Å²) in [6, 6.07) is 3.57. The zero-order chi connectivity index (χ0) is 21.2. The van der Waals surface area contributed by atoms with Gasteiger partial charge in [-0.3, -0.25) is 14.2 Å². The number of benzene rings is 1. The second kappa shape index (κ2) is 7.71. The van der Waals surface area contributed by atoms with Crippen LogP contribution in [0, 0.1) is 0 Å². The summed E-state index contributed by atoms with van der Waals surface area (Å²) in [4.78, 5) is 47.8. The molecule has 1 aromatic carbocycles. The third kappa shape index (κ3) is 4.13. The molecule has 0 N–H and O–H groups in total. The van der Waals surface area contributed by atoms with Crippen LogP contribution in [0.25, 0.3) is 5.69 Å². The lowest BCUT2D eigenvalue weighted by Crippen LogP contribution is -2.40. The normalized spacial score (nSPS) is 11.2. The number of rotatable bonds is 4. The van der Waals surface area contributed by atoms with Crippen molar-refractivity contribution in [3.05, 3.63) is 56.4 Å². The Morgan fingerprint density at radius 3 is 2.32 bits per heavy atom. The van der Waals surface area contributed by atoms with Gasteiger partial charge in [-0.1, -0.05) is 0 Å². The molecule has 0 fully saturated rings. The number of ether oxygens (including phenoxy) is 2. The van der Waals surface area contributed by atoms with Gasteiger partial charge in [-0.25, -0.2) is 14.2 Å². The van der Waals surface area contributed by atoms with Crippen molar-refractivity contribution in [2.75, 3.05) is 6.61 Å². The van der Waals surface area contributed by atoms with E-state index in [-0.39, 0.29) is 34.2 Å². The molecule has 0 amide bonds. The highest BCUT2D eigenvalue weighted by Gasteiger charge is 2.35. The Hall–Kier alpha value is -3.37. The average molecular weight is 400 g/mol. The standard InChI is InChI=1S/C17H15F3N2O6/c1-4-27-15(25)11-7-10(5-6-12(11)28-9(2)23)22-14(24)8-13(17(18,19)20)21(3)16(22)26/h5-8H,4H2,1-3H3. The zero-order valence-corrected chi connectivity index (χ0v) is 15.0. The van der Waals surface area contributed by atoms with E-state index < -0.39 is 35.1 Å². The number of esters is 2. The molecule has 0 unspecified atom stereocenters. The van der Waals surface area contributed by atoms with Crippen LogP contribution in [-0.2, 0) is 22.8 Å². The highest BCUT2D eigenvalue weighted by atomic mass is 19.4. The SMILES string of the molecule is CCOC(=O)c1cc(-n2c(=O)cc(C(F)(F)F)n(C)c2=O)ccc1OC(C)=O. The molecule has 2 aromatic rings. The molecule has 28 heavy (non-hydrogen) atoms. The molecule has 11 heteroatoms. The fourth-order valence-electron chi connectivity index (χ4n) is 2.40. The summed E-state index contributed by atoms with van der Waals surface area (Å²) in [5, 5.41) is 0. The van der Waals surface area contributed by atoms with Gasteiger partial charge in [0.25, 0.3) is 5.56 Å². The Morgan fingerprint density at radius 2 is 1.79 bits per heavy atom. The first-order chi connectivity index (χ1) is 13.0. The third-order valence-electron chi connectivity index (χ3n) is 3.58. The summed E-state index contributed by atoms with van der Waals surface area (Å²) in [5.74, 6) is -1.83. The van der Waals surface area contributed by atoms with E-state index in [0.29, 0.717) is 4.57 Å². The van der Waals surface area contributed by atoms with Crippen molar-refractivity contribution < 1.29 is 32.2 Å². The molecule has 0 atom stereocenters. The van der Waals surface area contributed by atoms with Crippen molar-refractivity contribution in [2.24, 2.45) is 7.05 Å². The Balaban J connectivity index is 2.72. The first-order valence-corrected chi connectivity index (χ1v) is 7.87. The van der Waals surface area contributed by atoms with Crippen LogP contribution in [0.15, 0.2) is 33.9 Å². The first-order valence-electron chi connectivity index (χ1n) is 7.87. The Bertz CT molecular complexity index is 1050. The molecule has 8 nitrogen and oxygen atoms in total. The largest absolute Gasteiger partial charge is 0.462 e. The number of aromatic nitrogens is 2. The molecule has 150 valence electrons. The molecule has 1 heterocycles. The van der Waals surface area contributed by atoms with Crippen LogP contribution < -0.4 is 16.0 Å². The van der Waals surface area contributed by atoms with Crippen molar-refractivity contribution in [1.82, 2.24) is 9.13 Å². The van der Waals surface area contributed by atoms with Gasteiger partial charge in [-0.05, 0) is 25.1 Å². The summed E-state index contributed by atoms with van der Waals surface area (Å²) < 4.78 is 49.3. The number of halogens is 3. The fraction of sp³-hybridized carbons (Fsp3) is 0.294. The monoisotopic (exact) mass is 400 g/mol. The molecule has 0 radical (unpaired) electrons. The number of hydrogen-bond acceptors (Lipinski definition) is 6. The molecule has 1 aromatic heterocycles. The Morgan fingerprint density at radius 1 is 1.14 bits per heavy atom. The second-order valence-corrected chi connectivity index (χ2v) is 5.54. The topological polar surface area (TPSA) is 96.6 Å². The van der Waals surface area contributed by atoms with Crippen LogP contribution in [0.4, 0.5) is 13.2 Å². The first kappa shape index (κ1) is 20.9. The molecule has 0 aliphatic carbocycles. The van der Waals surface area contributed by atoms with Gasteiger partial charge >= 0.3 is 23.8 Å². The highest BCUT2D eigenvalue weighted by molar-refractivity contribution is 5.94. The molecule has 0 bridgehead atoms. The maximum atomic E-state index is 13.0. The average Bonchev–Trinajstić information content (AvgIpc) is 2.58. The minimum absolute atomic E-state index is 0.00936. The lowest BCUT2D eigenvalue weighted by molar-refractivity contribution is -0.144. The van der Waals surface area contributed by atoms with Crippen molar-refractivity contribution >= 4 is 11.9 Å². The number of alkyl halides is 3. The van der Waals surface area contributed by atoms with E-state index in [1.165, 1.54) is 6.92 Å². The number of carbonyl (C=O) groups is 2. The van der Waals surface area contributed by atoms with Crippen molar-refractivity contribution in [3.63, 3.8) is 0 Å². The van der Waals surface area contributed by atoms with Gasteiger partial charge in [-0.15, -0.1) is 0 Å². The van der Waals surface area contributed by atoms with Gasteiger partial charge in [0.2, 0.25) is 0 Å². The molecular weight excluding hydrogens is 385 g/mol. The van der Waals surface area contributed by atoms with Gasteiger partial charge < -0.3 is 9.47 Å². The van der Waals surface area contributed by atoms with E-state index >= 15 is 0 Å². The molecule has 0 aliphatic heterocycles. The Labute approximate surface area is 155 Å². The number of hydrogen-bond donors (Lipinski definition) is 0. The minimum atomic E-state index is -4.90. The lowest BCUT2D eigenvalue weighted by Gasteiger charge is -2.15. The molecule has 0 saturated heterocycles. The predicted octanol–water partition coefficient (Wildman–Crippen LogP) is 1.66. The number of nitrogens with zero attached hydrogens (tertiary/aromatic N) is 2. The summed E-state index contributed by atoms with van der Waals surface area (Å²) >= 11 is 0. The molecule has 0 saturated carbocycles. The summed E-state index contributed by atoms with van der Waals surface area (Å²) in [6.07, 6.45) is -4.90. The zero-order valence-electron chi connectivity index (χ0n) is 15.0. The van der Waals surface area contributed by atoms with Gasteiger partial charge in [-0.2, -0.15) is 13.2 Å². The van der Waals surface area contributed by atoms with Crippen molar-refractivity contribution in [2.45, 2.75) is 20.0 Å². The van der Waals surface area contributed by atoms with Crippen LogP contribution in [0.5, 0.6) is 5.75 Å². The molecule has 2 rings (SSSR count). The predicted molar refractivity (Wildman–Crippen MR) is 89.5 cm³/mol. The summed E-state index contributed by atoms with van der Waals surface area (Å²) in [7, 11) is 0.862. The van der Waals surface area contributed by atoms with Crippen molar-refractivity contribution in [3.8, 4) is 11.4 Å². The van der Waals surface area contributed by atoms with E-state index in [4.69, 9.17) is 9.47 Å². The van der Waals surface area contributed by atoms with Gasteiger partial charge in [0.1, 0.15) is 17.0 Å². The second-order valence-electron chi connectivity index (χ2n) is 5.54. The fourth-order valence-corrected chi connectivity index (χ4v) is 2.40. The molecular formula is C17H15F3N2O6. The van der Waals surface area contributed by atoms with Crippen LogP contribution in [-0.4, -0.2) is 27.7 Å². The quantitative estimate of drug-likeness (QED) is 0.572. The van der Waals surface area contributed by atoms with Crippen LogP contribution in [0.3, 0.4) is 0 Å². The maximum Gasteiger partial charge on any atom is 0.431 e. The lowest BCUT2D eigenvalue weighted by atomic mass is 10.1. The van der Waals surface area contributed by atoms with E-state index in [2.05, 4.69) is 0 Å². The van der Waals surface area contributed by atoms with E-state index in [9.17, 15) is 32.3 Å². The van der Waals surface area contributed by atoms with Gasteiger partial charge in [0.15, 0.2) is 0 Å². The summed E-state index contributed by atoms with van der Waals surface area (Å²) in [5.41, 5.74) is -4.40. The highest BCUT2D eigenvalue weighted by Crippen LogP contribution is 2.27. The number of carbonyl (C=O) groups excluding carboxylic acids is 2. The van der Waals surface area contributed by atoms with E-state index in [1.54, 1.807) is 0 Å². The smallest absolute Gasteiger partial charge is 0.431 e. The van der Waals surface area contributed by atoms with E-state index in [0.717, 1.165) is 32.2 Å². The Kier molecular flexibility index (Phi) is 5.76. The van der Waals surface area contributed by atoms with E-state index in [1.807, 2.05) is 0 Å². The maximum absolute atomic E-state index is 13.0. The summed E-state index contributed by atoms with van der Waals surface area (Å²) in [6.45, 7) is 2.62. The minimum Gasteiger partial charge on any atom is -0.462 e. The van der Waals surface area contributed by atoms with Crippen LogP contribution in [0.2, 0.25) is 0 Å². The molecule has 0 spiro atoms. The van der Waals surface area contributed by atoms with Crippen molar-refractivity contribution in [1.29, 1.82) is 0 Å².